The van der Waals surface area contributed by atoms with Crippen molar-refractivity contribution in [1.82, 2.24) is 9.38 Å². The molecule has 0 amide bonds. The molecule has 6 nitrogen and oxygen atoms in total. The van der Waals surface area contributed by atoms with Gasteiger partial charge in [0, 0.05) is 29.9 Å². The van der Waals surface area contributed by atoms with Crippen LogP contribution < -0.4 is 9.47 Å². The molecule has 1 aromatic carbocycles. The Morgan fingerprint density at radius 2 is 2.04 bits per heavy atom. The average molecular weight is 340 g/mol. The summed E-state index contributed by atoms with van der Waals surface area (Å²) in [6.45, 7) is 2.00. The maximum Gasteiger partial charge on any atom is 0.304 e. The number of methoxy groups -OCH3 is 2. The first-order chi connectivity index (χ1) is 12.0. The molecule has 0 aliphatic heterocycles. The van der Waals surface area contributed by atoms with Crippen molar-refractivity contribution in [3.63, 3.8) is 0 Å². The van der Waals surface area contributed by atoms with E-state index in [2.05, 4.69) is 4.98 Å². The number of carbonyl (C=O) groups is 1. The maximum absolute atomic E-state index is 11.5. The van der Waals surface area contributed by atoms with Gasteiger partial charge in [-0.1, -0.05) is 6.07 Å². The lowest BCUT2D eigenvalue weighted by Gasteiger charge is -2.19. The summed E-state index contributed by atoms with van der Waals surface area (Å²) in [6, 6.07) is 9.35. The molecule has 0 bridgehead atoms. The van der Waals surface area contributed by atoms with Gasteiger partial charge in [-0.05, 0) is 30.7 Å². The third-order valence-electron chi connectivity index (χ3n) is 4.25. The number of aryl methyl sites for hydroxylation is 1. The summed E-state index contributed by atoms with van der Waals surface area (Å²) in [4.78, 5) is 15.9. The van der Waals surface area contributed by atoms with E-state index in [1.54, 1.807) is 32.5 Å². The molecular weight excluding hydrogens is 320 g/mol. The molecule has 3 aromatic rings. The van der Waals surface area contributed by atoms with E-state index in [0.717, 1.165) is 22.5 Å². The minimum absolute atomic E-state index is 0.0651. The Labute approximate surface area is 145 Å². The summed E-state index contributed by atoms with van der Waals surface area (Å²) in [5, 5.41) is 9.43. The Kier molecular flexibility index (Phi) is 4.61. The largest absolute Gasteiger partial charge is 0.497 e. The van der Waals surface area contributed by atoms with Crippen LogP contribution in [0, 0.1) is 6.92 Å². The van der Waals surface area contributed by atoms with Crippen molar-refractivity contribution in [2.24, 2.45) is 0 Å². The Balaban J connectivity index is 2.16. The number of carboxylic acids is 1. The van der Waals surface area contributed by atoms with E-state index in [-0.39, 0.29) is 6.42 Å². The molecule has 0 aliphatic rings. The highest BCUT2D eigenvalue weighted by atomic mass is 16.5. The highest BCUT2D eigenvalue weighted by molar-refractivity contribution is 5.69. The number of rotatable bonds is 6. The van der Waals surface area contributed by atoms with Gasteiger partial charge in [0.1, 0.15) is 17.1 Å². The molecule has 6 heteroatoms. The highest BCUT2D eigenvalue weighted by Gasteiger charge is 2.25. The van der Waals surface area contributed by atoms with Crippen molar-refractivity contribution in [2.75, 3.05) is 14.2 Å². The standard InChI is InChI=1S/C19H20N2O4/c1-12-6-7-21-16(11-20-18(21)8-12)15(10-19(22)23)14-5-4-13(24-2)9-17(14)25-3/h4-9,11,15H,10H2,1-3H3,(H,22,23). The lowest BCUT2D eigenvalue weighted by atomic mass is 9.91. The van der Waals surface area contributed by atoms with Gasteiger partial charge < -0.3 is 19.0 Å². The molecule has 130 valence electrons. The second kappa shape index (κ2) is 6.84. The molecule has 0 saturated carbocycles. The summed E-state index contributed by atoms with van der Waals surface area (Å²) >= 11 is 0. The number of fused-ring (bicyclic) bond motifs is 1. The summed E-state index contributed by atoms with van der Waals surface area (Å²) in [5.74, 6) is -0.0305. The number of imidazole rings is 1. The molecule has 0 spiro atoms. The van der Waals surface area contributed by atoms with Crippen molar-refractivity contribution in [3.8, 4) is 11.5 Å². The quantitative estimate of drug-likeness (QED) is 0.745. The molecule has 0 aliphatic carbocycles. The van der Waals surface area contributed by atoms with E-state index >= 15 is 0 Å². The first kappa shape index (κ1) is 16.8. The zero-order valence-corrected chi connectivity index (χ0v) is 14.4. The Morgan fingerprint density at radius 1 is 1.24 bits per heavy atom. The van der Waals surface area contributed by atoms with Crippen molar-refractivity contribution in [2.45, 2.75) is 19.3 Å². The fourth-order valence-electron chi connectivity index (χ4n) is 3.01. The second-order valence-electron chi connectivity index (χ2n) is 5.87. The van der Waals surface area contributed by atoms with Crippen molar-refractivity contribution in [3.05, 3.63) is 59.5 Å². The van der Waals surface area contributed by atoms with Gasteiger partial charge >= 0.3 is 5.97 Å². The number of pyridine rings is 1. The second-order valence-corrected chi connectivity index (χ2v) is 5.87. The Hall–Kier alpha value is -3.02. The number of hydrogen-bond acceptors (Lipinski definition) is 4. The monoisotopic (exact) mass is 340 g/mol. The van der Waals surface area contributed by atoms with Crippen LogP contribution in [0.1, 0.15) is 29.2 Å². The van der Waals surface area contributed by atoms with Crippen molar-refractivity contribution < 1.29 is 19.4 Å². The number of aliphatic carboxylic acids is 1. The van der Waals surface area contributed by atoms with E-state index in [4.69, 9.17) is 9.47 Å². The Bertz CT molecular complexity index is 917. The molecule has 25 heavy (non-hydrogen) atoms. The van der Waals surface area contributed by atoms with Crippen LogP contribution in [-0.4, -0.2) is 34.7 Å². The van der Waals surface area contributed by atoms with Gasteiger partial charge in [-0.25, -0.2) is 4.98 Å². The normalized spacial score (nSPS) is 12.1. The summed E-state index contributed by atoms with van der Waals surface area (Å²) in [6.07, 6.45) is 3.58. The first-order valence-electron chi connectivity index (χ1n) is 7.90. The minimum Gasteiger partial charge on any atom is -0.497 e. The predicted molar refractivity (Wildman–Crippen MR) is 93.6 cm³/mol. The lowest BCUT2D eigenvalue weighted by molar-refractivity contribution is -0.137. The molecule has 1 unspecified atom stereocenters. The fourth-order valence-corrected chi connectivity index (χ4v) is 3.01. The average Bonchev–Trinajstić information content (AvgIpc) is 3.01. The van der Waals surface area contributed by atoms with E-state index in [1.165, 1.54) is 0 Å². The third kappa shape index (κ3) is 3.28. The molecule has 0 fully saturated rings. The van der Waals surface area contributed by atoms with E-state index in [0.29, 0.717) is 11.5 Å². The summed E-state index contributed by atoms with van der Waals surface area (Å²) in [5.41, 5.74) is 3.48. The van der Waals surface area contributed by atoms with Crippen LogP contribution in [0.3, 0.4) is 0 Å². The van der Waals surface area contributed by atoms with Gasteiger partial charge in [0.15, 0.2) is 0 Å². The van der Waals surface area contributed by atoms with Crippen molar-refractivity contribution >= 4 is 11.6 Å². The molecule has 1 N–H and O–H groups in total. The van der Waals surface area contributed by atoms with E-state index in [1.807, 2.05) is 35.7 Å². The highest BCUT2D eigenvalue weighted by Crippen LogP contribution is 2.36. The molecule has 0 saturated heterocycles. The minimum atomic E-state index is -0.884. The number of aromatic nitrogens is 2. The van der Waals surface area contributed by atoms with Crippen LogP contribution in [0.15, 0.2) is 42.7 Å². The predicted octanol–water partition coefficient (Wildman–Crippen LogP) is 3.27. The molecule has 2 aromatic heterocycles. The molecular formula is C19H20N2O4. The van der Waals surface area contributed by atoms with Gasteiger partial charge in [0.25, 0.3) is 0 Å². The third-order valence-corrected chi connectivity index (χ3v) is 4.25. The van der Waals surface area contributed by atoms with Crippen LogP contribution in [0.25, 0.3) is 5.65 Å². The zero-order chi connectivity index (χ0) is 18.0. The van der Waals surface area contributed by atoms with Crippen LogP contribution in [0.2, 0.25) is 0 Å². The smallest absolute Gasteiger partial charge is 0.304 e. The van der Waals surface area contributed by atoms with Crippen LogP contribution in [0.5, 0.6) is 11.5 Å². The number of ether oxygens (including phenoxy) is 2. The lowest BCUT2D eigenvalue weighted by Crippen LogP contribution is -2.11. The summed E-state index contributed by atoms with van der Waals surface area (Å²) < 4.78 is 12.6. The molecule has 3 rings (SSSR count). The number of benzene rings is 1. The summed E-state index contributed by atoms with van der Waals surface area (Å²) in [7, 11) is 3.14. The topological polar surface area (TPSA) is 73.1 Å². The zero-order valence-electron chi connectivity index (χ0n) is 14.4. The number of nitrogens with zero attached hydrogens (tertiary/aromatic N) is 2. The van der Waals surface area contributed by atoms with Crippen LogP contribution in [-0.2, 0) is 4.79 Å². The van der Waals surface area contributed by atoms with Gasteiger partial charge in [0.2, 0.25) is 0 Å². The molecule has 0 radical (unpaired) electrons. The first-order valence-corrected chi connectivity index (χ1v) is 7.90. The molecule has 2 heterocycles. The van der Waals surface area contributed by atoms with Gasteiger partial charge in [-0.15, -0.1) is 0 Å². The van der Waals surface area contributed by atoms with Crippen LogP contribution in [0.4, 0.5) is 0 Å². The SMILES string of the molecule is COc1ccc(C(CC(=O)O)c2cnc3cc(C)ccn23)c(OC)c1. The number of carboxylic acid groups (broad SMARTS) is 1. The van der Waals surface area contributed by atoms with Crippen molar-refractivity contribution in [1.29, 1.82) is 0 Å². The molecule has 1 atom stereocenters. The van der Waals surface area contributed by atoms with Gasteiger partial charge in [-0.2, -0.15) is 0 Å². The van der Waals surface area contributed by atoms with E-state index in [9.17, 15) is 9.90 Å². The number of hydrogen-bond donors (Lipinski definition) is 1. The van der Waals surface area contributed by atoms with Gasteiger partial charge in [-0.3, -0.25) is 4.79 Å². The van der Waals surface area contributed by atoms with Gasteiger partial charge in [0.05, 0.1) is 26.3 Å². The Morgan fingerprint density at radius 3 is 2.72 bits per heavy atom. The van der Waals surface area contributed by atoms with Crippen LogP contribution >= 0.6 is 0 Å². The fraction of sp³-hybridized carbons (Fsp3) is 0.263. The maximum atomic E-state index is 11.5. The van der Waals surface area contributed by atoms with E-state index < -0.39 is 11.9 Å².